The number of hydrogen-bond donors (Lipinski definition) is 2. The van der Waals surface area contributed by atoms with E-state index in [0.717, 1.165) is 26.1 Å². The van der Waals surface area contributed by atoms with Crippen molar-refractivity contribution >= 4 is 29.9 Å². The predicted octanol–water partition coefficient (Wildman–Crippen LogP) is 1.67. The molecule has 0 bridgehead atoms. The largest absolute Gasteiger partial charge is 0.390 e. The van der Waals surface area contributed by atoms with Gasteiger partial charge in [-0.1, -0.05) is 0 Å². The average molecular weight is 394 g/mol. The van der Waals surface area contributed by atoms with Gasteiger partial charge >= 0.3 is 6.18 Å². The second kappa shape index (κ2) is 8.83. The van der Waals surface area contributed by atoms with Gasteiger partial charge in [-0.25, -0.2) is 0 Å². The van der Waals surface area contributed by atoms with E-state index in [1.165, 1.54) is 0 Å². The first-order valence-electron chi connectivity index (χ1n) is 6.10. The maximum Gasteiger partial charge on any atom is 0.390 e. The number of nitrogens with zero attached hydrogens (tertiary/aromatic N) is 2. The van der Waals surface area contributed by atoms with Gasteiger partial charge in [0.2, 0.25) is 0 Å². The minimum absolute atomic E-state index is 0. The first kappa shape index (κ1) is 18.8. The van der Waals surface area contributed by atoms with Crippen LogP contribution in [0.1, 0.15) is 12.8 Å². The second-order valence-corrected chi connectivity index (χ2v) is 4.66. The van der Waals surface area contributed by atoms with Crippen LogP contribution in [0.5, 0.6) is 0 Å². The van der Waals surface area contributed by atoms with Crippen molar-refractivity contribution in [1.29, 1.82) is 0 Å². The maximum absolute atomic E-state index is 12.0. The highest BCUT2D eigenvalue weighted by Crippen LogP contribution is 2.18. The van der Waals surface area contributed by atoms with E-state index < -0.39 is 12.6 Å². The lowest BCUT2D eigenvalue weighted by Crippen LogP contribution is -2.41. The van der Waals surface area contributed by atoms with Crippen molar-refractivity contribution in [2.24, 2.45) is 10.9 Å². The van der Waals surface area contributed by atoms with Crippen molar-refractivity contribution in [2.75, 3.05) is 40.3 Å². The second-order valence-electron chi connectivity index (χ2n) is 4.66. The molecule has 0 amide bonds. The van der Waals surface area contributed by atoms with Crippen LogP contribution in [0, 0.1) is 5.92 Å². The van der Waals surface area contributed by atoms with Gasteiger partial charge in [-0.05, 0) is 25.9 Å². The van der Waals surface area contributed by atoms with Crippen LogP contribution in [0.25, 0.3) is 0 Å². The Kier molecular flexibility index (Phi) is 8.71. The van der Waals surface area contributed by atoms with Crippen LogP contribution < -0.4 is 10.6 Å². The number of aliphatic imine (C=N–C) groups is 1. The summed E-state index contributed by atoms with van der Waals surface area (Å²) in [7, 11) is 3.63. The molecule has 19 heavy (non-hydrogen) atoms. The molecule has 1 aliphatic rings. The van der Waals surface area contributed by atoms with Crippen LogP contribution in [0.3, 0.4) is 0 Å². The molecule has 0 spiro atoms. The zero-order chi connectivity index (χ0) is 13.6. The topological polar surface area (TPSA) is 39.7 Å². The van der Waals surface area contributed by atoms with Crippen molar-refractivity contribution in [1.82, 2.24) is 15.5 Å². The summed E-state index contributed by atoms with van der Waals surface area (Å²) in [4.78, 5) is 6.14. The number of halogens is 4. The molecular weight excluding hydrogens is 372 g/mol. The molecule has 114 valence electrons. The smallest absolute Gasteiger partial charge is 0.356 e. The van der Waals surface area contributed by atoms with Gasteiger partial charge in [0.1, 0.15) is 0 Å². The SMILES string of the molecule is CN=C(NCCC(F)(F)F)NCC1CCN(C)C1.I. The van der Waals surface area contributed by atoms with Gasteiger partial charge in [0.05, 0.1) is 6.42 Å². The molecule has 0 aliphatic carbocycles. The third kappa shape index (κ3) is 8.51. The predicted molar refractivity (Wildman–Crippen MR) is 81.1 cm³/mol. The normalized spacial score (nSPS) is 21.1. The first-order valence-corrected chi connectivity index (χ1v) is 6.10. The molecule has 1 atom stereocenters. The number of guanidine groups is 1. The molecule has 0 aromatic heterocycles. The Bertz CT molecular complexity index is 284. The highest BCUT2D eigenvalue weighted by Gasteiger charge is 2.26. The van der Waals surface area contributed by atoms with Gasteiger partial charge in [0.25, 0.3) is 0 Å². The molecule has 1 aliphatic heterocycles. The lowest BCUT2D eigenvalue weighted by molar-refractivity contribution is -0.132. The summed E-state index contributed by atoms with van der Waals surface area (Å²) in [6.45, 7) is 2.70. The van der Waals surface area contributed by atoms with E-state index in [1.54, 1.807) is 7.05 Å². The van der Waals surface area contributed by atoms with E-state index in [4.69, 9.17) is 0 Å². The third-order valence-electron chi connectivity index (χ3n) is 2.97. The summed E-state index contributed by atoms with van der Waals surface area (Å²) in [5.74, 6) is 0.977. The van der Waals surface area contributed by atoms with Crippen LogP contribution in [0.15, 0.2) is 4.99 Å². The van der Waals surface area contributed by atoms with Crippen LogP contribution >= 0.6 is 24.0 Å². The molecule has 1 saturated heterocycles. The molecule has 1 unspecified atom stereocenters. The number of hydrogen-bond acceptors (Lipinski definition) is 2. The summed E-state index contributed by atoms with van der Waals surface area (Å²) in [6.07, 6.45) is -3.86. The van der Waals surface area contributed by atoms with Crippen LogP contribution in [0.4, 0.5) is 13.2 Å². The number of alkyl halides is 3. The Balaban J connectivity index is 0.00000324. The fourth-order valence-corrected chi connectivity index (χ4v) is 1.98. The molecule has 0 radical (unpaired) electrons. The minimum Gasteiger partial charge on any atom is -0.356 e. The molecule has 0 saturated carbocycles. The molecule has 2 N–H and O–H groups in total. The van der Waals surface area contributed by atoms with Crippen molar-refractivity contribution < 1.29 is 13.2 Å². The highest BCUT2D eigenvalue weighted by molar-refractivity contribution is 14.0. The third-order valence-corrected chi connectivity index (χ3v) is 2.97. The molecule has 4 nitrogen and oxygen atoms in total. The molecule has 0 aromatic rings. The van der Waals surface area contributed by atoms with Crippen LogP contribution in [0.2, 0.25) is 0 Å². The van der Waals surface area contributed by atoms with Gasteiger partial charge in [0.15, 0.2) is 5.96 Å². The molecule has 0 aromatic carbocycles. The summed E-state index contributed by atoms with van der Waals surface area (Å²) < 4.78 is 35.9. The summed E-state index contributed by atoms with van der Waals surface area (Å²) >= 11 is 0. The fourth-order valence-electron chi connectivity index (χ4n) is 1.98. The van der Waals surface area contributed by atoms with Crippen molar-refractivity contribution in [3.05, 3.63) is 0 Å². The average Bonchev–Trinajstić information content (AvgIpc) is 2.67. The fraction of sp³-hybridized carbons (Fsp3) is 0.909. The van der Waals surface area contributed by atoms with Gasteiger partial charge in [-0.15, -0.1) is 24.0 Å². The Hall–Kier alpha value is -0.250. The van der Waals surface area contributed by atoms with Gasteiger partial charge in [0, 0.05) is 26.7 Å². The van der Waals surface area contributed by atoms with E-state index in [0.29, 0.717) is 11.9 Å². The standard InChI is InChI=1S/C11H21F3N4.HI/c1-15-10(16-5-4-11(12,13)14)17-7-9-3-6-18(2)8-9;/h9H,3-8H2,1-2H3,(H2,15,16,17);1H. The van der Waals surface area contributed by atoms with Crippen molar-refractivity contribution in [2.45, 2.75) is 19.0 Å². The lowest BCUT2D eigenvalue weighted by atomic mass is 10.1. The van der Waals surface area contributed by atoms with E-state index in [2.05, 4.69) is 27.6 Å². The van der Waals surface area contributed by atoms with Crippen molar-refractivity contribution in [3.8, 4) is 0 Å². The molecular formula is C11H22F3IN4. The monoisotopic (exact) mass is 394 g/mol. The maximum atomic E-state index is 12.0. The zero-order valence-corrected chi connectivity index (χ0v) is 13.6. The van der Waals surface area contributed by atoms with Gasteiger partial charge in [-0.3, -0.25) is 4.99 Å². The van der Waals surface area contributed by atoms with Crippen LogP contribution in [-0.2, 0) is 0 Å². The summed E-state index contributed by atoms with van der Waals surface area (Å²) in [6, 6.07) is 0. The van der Waals surface area contributed by atoms with E-state index in [9.17, 15) is 13.2 Å². The lowest BCUT2D eigenvalue weighted by Gasteiger charge is -2.15. The molecule has 1 fully saturated rings. The van der Waals surface area contributed by atoms with E-state index >= 15 is 0 Å². The Morgan fingerprint density at radius 1 is 1.37 bits per heavy atom. The molecule has 8 heteroatoms. The van der Waals surface area contributed by atoms with E-state index in [1.807, 2.05) is 0 Å². The number of rotatable bonds is 4. The Morgan fingerprint density at radius 3 is 2.53 bits per heavy atom. The number of likely N-dealkylation sites (tertiary alicyclic amines) is 1. The van der Waals surface area contributed by atoms with Crippen LogP contribution in [-0.4, -0.2) is 57.3 Å². The summed E-state index contributed by atoms with van der Waals surface area (Å²) in [5.41, 5.74) is 0. The molecule has 1 rings (SSSR count). The Labute approximate surface area is 129 Å². The number of nitrogens with one attached hydrogen (secondary N) is 2. The van der Waals surface area contributed by atoms with E-state index in [-0.39, 0.29) is 30.5 Å². The minimum atomic E-state index is -4.12. The molecule has 1 heterocycles. The quantitative estimate of drug-likeness (QED) is 0.433. The van der Waals surface area contributed by atoms with Gasteiger partial charge in [-0.2, -0.15) is 13.2 Å². The van der Waals surface area contributed by atoms with Crippen molar-refractivity contribution in [3.63, 3.8) is 0 Å². The summed E-state index contributed by atoms with van der Waals surface area (Å²) in [5, 5.41) is 5.73. The first-order chi connectivity index (χ1) is 8.40. The highest BCUT2D eigenvalue weighted by atomic mass is 127. The zero-order valence-electron chi connectivity index (χ0n) is 11.3. The van der Waals surface area contributed by atoms with Gasteiger partial charge < -0.3 is 15.5 Å². The Morgan fingerprint density at radius 2 is 2.05 bits per heavy atom.